The fourth-order valence-electron chi connectivity index (χ4n) is 9.31. The molecule has 4 aliphatic carbocycles. The van der Waals surface area contributed by atoms with Gasteiger partial charge in [0.1, 0.15) is 22.8 Å². The van der Waals surface area contributed by atoms with Crippen molar-refractivity contribution in [3.05, 3.63) is 84.0 Å². The zero-order valence-electron chi connectivity index (χ0n) is 33.6. The third-order valence-corrected chi connectivity index (χ3v) is 13.7. The summed E-state index contributed by atoms with van der Waals surface area (Å²) < 4.78 is 46.2. The molecule has 2 aromatic heterocycles. The van der Waals surface area contributed by atoms with E-state index in [-0.39, 0.29) is 127 Å². The number of carboxylic acid groups (broad SMARTS) is 2. The van der Waals surface area contributed by atoms with Crippen LogP contribution in [-0.2, 0) is 0 Å². The molecule has 310 valence electrons. The fourth-order valence-corrected chi connectivity index (χ4v) is 9.31. The molecule has 0 amide bonds. The van der Waals surface area contributed by atoms with Crippen molar-refractivity contribution in [2.24, 2.45) is 22.7 Å². The molecular formula is C42H47Ac2F3N6O6-2. The van der Waals surface area contributed by atoms with Gasteiger partial charge in [-0.3, -0.25) is 9.59 Å². The molecule has 4 saturated carbocycles. The van der Waals surface area contributed by atoms with Crippen LogP contribution in [0.3, 0.4) is 0 Å². The minimum Gasteiger partial charge on any atom is -0.696 e. The number of hydrogen-bond donors (Lipinski definition) is 3. The zero-order chi connectivity index (χ0) is 41.0. The van der Waals surface area contributed by atoms with E-state index in [9.17, 15) is 33.1 Å². The van der Waals surface area contributed by atoms with Crippen molar-refractivity contribution in [3.8, 4) is 0 Å². The molecule has 6 aliphatic rings. The topological polar surface area (TPSA) is 181 Å². The molecule has 4 heterocycles. The number of nitrogens with zero attached hydrogens (tertiary/aromatic N) is 3. The first-order valence-corrected chi connectivity index (χ1v) is 19.8. The molecule has 5 N–H and O–H groups in total. The van der Waals surface area contributed by atoms with E-state index in [1.54, 1.807) is 11.5 Å². The van der Waals surface area contributed by atoms with E-state index in [1.165, 1.54) is 43.6 Å². The number of rotatable bonds is 5. The van der Waals surface area contributed by atoms with Crippen LogP contribution in [0.15, 0.2) is 22.0 Å². The summed E-state index contributed by atoms with van der Waals surface area (Å²) in [6, 6.07) is 0.0547. The van der Waals surface area contributed by atoms with Gasteiger partial charge in [-0.2, -0.15) is 0 Å². The maximum atomic E-state index is 15.4. The summed E-state index contributed by atoms with van der Waals surface area (Å²) in [5.41, 5.74) is 14.6. The molecule has 17 heteroatoms. The normalized spacial score (nSPS) is 21.6. The van der Waals surface area contributed by atoms with Gasteiger partial charge in [0.2, 0.25) is 10.9 Å². The summed E-state index contributed by atoms with van der Waals surface area (Å²) in [6.07, 6.45) is 11.1. The Morgan fingerprint density at radius 2 is 1.19 bits per heavy atom. The largest absolute Gasteiger partial charge is 0.696 e. The quantitative estimate of drug-likeness (QED) is 0.177. The number of benzene rings is 2. The van der Waals surface area contributed by atoms with Crippen molar-refractivity contribution >= 4 is 50.8 Å². The van der Waals surface area contributed by atoms with E-state index in [0.29, 0.717) is 22.7 Å². The summed E-state index contributed by atoms with van der Waals surface area (Å²) in [6.45, 7) is 11.8. The first kappa shape index (κ1) is 46.3. The first-order valence-electron chi connectivity index (χ1n) is 19.8. The number of carboxylic acids is 2. The zero-order valence-corrected chi connectivity index (χ0v) is 43.1. The van der Waals surface area contributed by atoms with Gasteiger partial charge in [0.05, 0.1) is 16.7 Å². The predicted molar refractivity (Wildman–Crippen MR) is 211 cm³/mol. The minimum atomic E-state index is -1.45. The Labute approximate surface area is 410 Å². The number of anilines is 1. The summed E-state index contributed by atoms with van der Waals surface area (Å²) in [7, 11) is 0. The van der Waals surface area contributed by atoms with Crippen LogP contribution in [0.5, 0.6) is 0 Å². The van der Waals surface area contributed by atoms with Gasteiger partial charge in [-0.1, -0.05) is 25.2 Å². The maximum absolute atomic E-state index is 15.4. The SMILES string of the molecule is CC1CNCC12CC2.Cc1c(F)c(F)c([NH-])c2c(=O)c(C(=O)O)cn(C3CC3)c12.Cc1c(N2CC(C)C3(CC3)C2)c(F)c([NH-])c2c(=O)c(C(=O)O)cn(C3CC3)c12.[Ac].[Ac]. The molecule has 2 aliphatic heterocycles. The van der Waals surface area contributed by atoms with Gasteiger partial charge in [0.25, 0.3) is 0 Å². The van der Waals surface area contributed by atoms with Crippen molar-refractivity contribution in [2.75, 3.05) is 31.1 Å². The number of pyridine rings is 2. The molecule has 2 aromatic carbocycles. The van der Waals surface area contributed by atoms with Crippen LogP contribution in [0.1, 0.15) is 109 Å². The van der Waals surface area contributed by atoms with Crippen LogP contribution in [-0.4, -0.2) is 57.5 Å². The van der Waals surface area contributed by atoms with Crippen molar-refractivity contribution in [1.82, 2.24) is 14.5 Å². The van der Waals surface area contributed by atoms with E-state index in [2.05, 4.69) is 19.2 Å². The average molecular weight is 1240 g/mol. The van der Waals surface area contributed by atoms with Crippen LogP contribution in [0.2, 0.25) is 0 Å². The second kappa shape index (κ2) is 16.8. The summed E-state index contributed by atoms with van der Waals surface area (Å²) >= 11 is 0. The van der Waals surface area contributed by atoms with Gasteiger partial charge < -0.3 is 41.0 Å². The maximum Gasteiger partial charge on any atom is 0.341 e. The van der Waals surface area contributed by atoms with E-state index in [1.807, 2.05) is 4.90 Å². The Bertz CT molecular complexity index is 2530. The number of nitrogens with one attached hydrogen (secondary N) is 3. The minimum absolute atomic E-state index is 0. The van der Waals surface area contributed by atoms with Crippen molar-refractivity contribution in [1.29, 1.82) is 0 Å². The molecule has 2 atom stereocenters. The van der Waals surface area contributed by atoms with Gasteiger partial charge in [-0.25, -0.2) is 22.8 Å². The Balaban J connectivity index is 0.000000166. The Kier molecular flexibility index (Phi) is 13.2. The third-order valence-electron chi connectivity index (χ3n) is 13.7. The average Bonchev–Trinajstić information content (AvgIpc) is 3.95. The van der Waals surface area contributed by atoms with E-state index >= 15 is 4.39 Å². The number of aromatic carboxylic acids is 2. The van der Waals surface area contributed by atoms with Crippen molar-refractivity contribution in [2.45, 2.75) is 91.1 Å². The monoisotopic (exact) mass is 1240 g/mol. The third kappa shape index (κ3) is 8.04. The number of carbonyl (C=O) groups is 2. The number of aryl methyl sites for hydroxylation is 2. The standard InChI is InChI=1S/C21H24FN3O3.C14H12F2N2O3.C7H13N.2Ac/c1-10-7-24(9-21(10)5-6-21)18-11(2)17-14(16(23)15(18)22)19(26)13(20(27)28)8-25(17)12-3-4-12;1-5-9(15)10(16)11(17)8-12(5)18(6-2-3-6)4-7(13(8)19)14(20)21;1-6-4-8-5-7(6)2-3-7;;/h8,10,12H,3-7,9H2,1-2H3,(H3,23,26,27,28);4,6H,2-3H2,1H3,(H3,17,19,20,21);6,8H,2-5H2,1H3;;/p-2. The molecule has 12 nitrogen and oxygen atoms in total. The van der Waals surface area contributed by atoms with Gasteiger partial charge in [0, 0.05) is 149 Å². The van der Waals surface area contributed by atoms with Crippen LogP contribution in [0.25, 0.3) is 33.3 Å². The molecule has 0 bridgehead atoms. The summed E-state index contributed by atoms with van der Waals surface area (Å²) in [4.78, 5) is 49.7. The molecule has 6 fully saturated rings. The number of fused-ring (bicyclic) bond motifs is 2. The number of halogens is 3. The van der Waals surface area contributed by atoms with Crippen molar-refractivity contribution in [3.63, 3.8) is 0 Å². The Morgan fingerprint density at radius 1 is 0.729 bits per heavy atom. The molecule has 59 heavy (non-hydrogen) atoms. The first-order chi connectivity index (χ1) is 26.9. The molecule has 2 radical (unpaired) electrons. The summed E-state index contributed by atoms with van der Waals surface area (Å²) in [5, 5.41) is 21.5. The molecule has 2 unspecified atom stereocenters. The van der Waals surface area contributed by atoms with E-state index < -0.39 is 62.7 Å². The number of aromatic nitrogens is 2. The van der Waals surface area contributed by atoms with Crippen LogP contribution < -0.4 is 21.1 Å². The van der Waals surface area contributed by atoms with Crippen LogP contribution in [0.4, 0.5) is 30.2 Å². The van der Waals surface area contributed by atoms with Gasteiger partial charge in [-0.15, -0.1) is 0 Å². The van der Waals surface area contributed by atoms with Gasteiger partial charge >= 0.3 is 11.9 Å². The van der Waals surface area contributed by atoms with Crippen LogP contribution >= 0.6 is 0 Å². The Morgan fingerprint density at radius 3 is 1.56 bits per heavy atom. The van der Waals surface area contributed by atoms with Crippen molar-refractivity contribution < 1.29 is 121 Å². The summed E-state index contributed by atoms with van der Waals surface area (Å²) in [5.74, 6) is -4.67. The second-order valence-electron chi connectivity index (χ2n) is 17.4. The fraction of sp³-hybridized carbons (Fsp3) is 0.524. The van der Waals surface area contributed by atoms with E-state index in [4.69, 9.17) is 16.6 Å². The molecular weight excluding hydrogens is 1200 g/mol. The van der Waals surface area contributed by atoms with Gasteiger partial charge in [-0.05, 0) is 100.0 Å². The Hall–Kier alpha value is -2.17. The molecule has 2 spiro atoms. The predicted octanol–water partition coefficient (Wildman–Crippen LogP) is 8.71. The molecule has 10 rings (SSSR count). The van der Waals surface area contributed by atoms with Crippen LogP contribution in [0, 0.1) is 142 Å². The van der Waals surface area contributed by atoms with Gasteiger partial charge in [0.15, 0.2) is 5.82 Å². The second-order valence-corrected chi connectivity index (χ2v) is 17.4. The smallest absolute Gasteiger partial charge is 0.341 e. The van der Waals surface area contributed by atoms with E-state index in [0.717, 1.165) is 69.1 Å². The molecule has 2 saturated heterocycles. The molecule has 4 aromatic rings. The number of hydrogen-bond acceptors (Lipinski definition) is 6.